The fourth-order valence-electron chi connectivity index (χ4n) is 2.48. The lowest BCUT2D eigenvalue weighted by atomic mass is 10.1. The van der Waals surface area contributed by atoms with Crippen LogP contribution in [0.3, 0.4) is 0 Å². The van der Waals surface area contributed by atoms with Crippen molar-refractivity contribution in [3.05, 3.63) is 66.1 Å². The number of hydrogen-bond donors (Lipinski definition) is 0. The molecule has 3 rings (SSSR count). The highest BCUT2D eigenvalue weighted by Crippen LogP contribution is 2.27. The molecule has 0 unspecified atom stereocenters. The summed E-state index contributed by atoms with van der Waals surface area (Å²) in [7, 11) is 4.96. The predicted octanol–water partition coefficient (Wildman–Crippen LogP) is 3.39. The van der Waals surface area contributed by atoms with E-state index in [0.717, 1.165) is 5.56 Å². The van der Waals surface area contributed by atoms with E-state index in [-0.39, 0.29) is 11.7 Å². The topological polar surface area (TPSA) is 47.4 Å². The van der Waals surface area contributed by atoms with E-state index in [2.05, 4.69) is 5.10 Å². The number of carbonyl (C=O) groups is 1. The van der Waals surface area contributed by atoms with Gasteiger partial charge in [-0.15, -0.1) is 0 Å². The number of hydrogen-bond acceptors (Lipinski definition) is 3. The van der Waals surface area contributed by atoms with Gasteiger partial charge in [0.25, 0.3) is 5.91 Å². The summed E-state index contributed by atoms with van der Waals surface area (Å²) in [5.41, 5.74) is 2.44. The number of carbonyl (C=O) groups excluding carboxylic acids is 1. The molecule has 0 aliphatic carbocycles. The molecule has 0 fully saturated rings. The van der Waals surface area contributed by atoms with E-state index in [0.29, 0.717) is 22.7 Å². The highest BCUT2D eigenvalue weighted by molar-refractivity contribution is 5.99. The predicted molar refractivity (Wildman–Crippen MR) is 93.5 cm³/mol. The molecule has 128 valence electrons. The van der Waals surface area contributed by atoms with Crippen molar-refractivity contribution in [2.75, 3.05) is 21.2 Å². The largest absolute Gasteiger partial charge is 0.497 e. The fourth-order valence-corrected chi connectivity index (χ4v) is 2.48. The van der Waals surface area contributed by atoms with Crippen molar-refractivity contribution in [3.63, 3.8) is 0 Å². The number of methoxy groups -OCH3 is 1. The minimum atomic E-state index is -0.325. The molecule has 5 nitrogen and oxygen atoms in total. The first-order chi connectivity index (χ1) is 12.0. The summed E-state index contributed by atoms with van der Waals surface area (Å²) in [6, 6.07) is 13.3. The van der Waals surface area contributed by atoms with Crippen LogP contribution in [0.25, 0.3) is 16.9 Å². The summed E-state index contributed by atoms with van der Waals surface area (Å²) >= 11 is 0. The Labute approximate surface area is 145 Å². The number of rotatable bonds is 4. The molecule has 2 aromatic carbocycles. The van der Waals surface area contributed by atoms with Crippen LogP contribution < -0.4 is 4.74 Å². The van der Waals surface area contributed by atoms with E-state index in [9.17, 15) is 9.18 Å². The molecule has 0 saturated carbocycles. The number of benzene rings is 2. The Morgan fingerprint density at radius 3 is 2.52 bits per heavy atom. The van der Waals surface area contributed by atoms with Crippen LogP contribution in [0.15, 0.2) is 54.7 Å². The highest BCUT2D eigenvalue weighted by Gasteiger charge is 2.20. The molecule has 0 aliphatic heterocycles. The SMILES string of the molecule is COc1cccc(-c2nn(-c3ccc(F)cc3)cc2C(=O)N(C)C)c1. The van der Waals surface area contributed by atoms with Crippen molar-refractivity contribution in [1.29, 1.82) is 0 Å². The monoisotopic (exact) mass is 339 g/mol. The molecule has 0 bridgehead atoms. The van der Waals surface area contributed by atoms with Crippen LogP contribution in [0, 0.1) is 5.82 Å². The lowest BCUT2D eigenvalue weighted by Gasteiger charge is -2.10. The second kappa shape index (κ2) is 6.76. The van der Waals surface area contributed by atoms with E-state index >= 15 is 0 Å². The average Bonchev–Trinajstić information content (AvgIpc) is 3.07. The van der Waals surface area contributed by atoms with Gasteiger partial charge in [-0.05, 0) is 36.4 Å². The molecule has 0 saturated heterocycles. The Balaban J connectivity index is 2.14. The maximum absolute atomic E-state index is 13.2. The maximum Gasteiger partial charge on any atom is 0.257 e. The molecule has 3 aromatic rings. The van der Waals surface area contributed by atoms with Gasteiger partial charge in [-0.3, -0.25) is 4.79 Å². The molecular formula is C19H18FN3O2. The van der Waals surface area contributed by atoms with E-state index in [4.69, 9.17) is 4.74 Å². The molecule has 0 aliphatic rings. The maximum atomic E-state index is 13.2. The van der Waals surface area contributed by atoms with E-state index in [1.165, 1.54) is 17.0 Å². The molecule has 1 heterocycles. The highest BCUT2D eigenvalue weighted by atomic mass is 19.1. The number of ether oxygens (including phenoxy) is 1. The fraction of sp³-hybridized carbons (Fsp3) is 0.158. The van der Waals surface area contributed by atoms with Crippen molar-refractivity contribution < 1.29 is 13.9 Å². The second-order valence-corrected chi connectivity index (χ2v) is 5.74. The Bertz CT molecular complexity index is 901. The standard InChI is InChI=1S/C19H18FN3O2/c1-22(2)19(24)17-12-23(15-9-7-14(20)8-10-15)21-18(17)13-5-4-6-16(11-13)25-3/h4-12H,1-3H3. The van der Waals surface area contributed by atoms with Crippen LogP contribution in [0.5, 0.6) is 5.75 Å². The minimum absolute atomic E-state index is 0.161. The van der Waals surface area contributed by atoms with Crippen LogP contribution >= 0.6 is 0 Å². The van der Waals surface area contributed by atoms with Crippen molar-refractivity contribution in [2.24, 2.45) is 0 Å². The quantitative estimate of drug-likeness (QED) is 0.732. The third-order valence-corrected chi connectivity index (χ3v) is 3.79. The molecule has 1 aromatic heterocycles. The lowest BCUT2D eigenvalue weighted by Crippen LogP contribution is -2.21. The first kappa shape index (κ1) is 16.7. The Morgan fingerprint density at radius 2 is 1.88 bits per heavy atom. The first-order valence-corrected chi connectivity index (χ1v) is 7.71. The van der Waals surface area contributed by atoms with E-state index in [1.807, 2.05) is 24.3 Å². The number of nitrogens with zero attached hydrogens (tertiary/aromatic N) is 3. The van der Waals surface area contributed by atoms with Gasteiger partial charge >= 0.3 is 0 Å². The Hall–Kier alpha value is -3.15. The number of halogens is 1. The summed E-state index contributed by atoms with van der Waals surface area (Å²) in [6.45, 7) is 0. The molecule has 0 atom stereocenters. The normalized spacial score (nSPS) is 10.6. The van der Waals surface area contributed by atoms with Gasteiger partial charge in [0.15, 0.2) is 0 Å². The smallest absolute Gasteiger partial charge is 0.257 e. The van der Waals surface area contributed by atoms with Gasteiger partial charge in [0, 0.05) is 25.9 Å². The Kier molecular flexibility index (Phi) is 4.52. The van der Waals surface area contributed by atoms with Crippen molar-refractivity contribution in [3.8, 4) is 22.7 Å². The first-order valence-electron chi connectivity index (χ1n) is 7.71. The van der Waals surface area contributed by atoms with Gasteiger partial charge in [0.1, 0.15) is 17.3 Å². The molecule has 1 amide bonds. The minimum Gasteiger partial charge on any atom is -0.497 e. The molecule has 25 heavy (non-hydrogen) atoms. The van der Waals surface area contributed by atoms with Gasteiger partial charge in [-0.2, -0.15) is 5.10 Å². The zero-order valence-electron chi connectivity index (χ0n) is 14.2. The van der Waals surface area contributed by atoms with Crippen molar-refractivity contribution >= 4 is 5.91 Å². The lowest BCUT2D eigenvalue weighted by molar-refractivity contribution is 0.0828. The zero-order chi connectivity index (χ0) is 18.0. The van der Waals surface area contributed by atoms with Crippen LogP contribution in [-0.4, -0.2) is 41.8 Å². The van der Waals surface area contributed by atoms with Gasteiger partial charge in [0.2, 0.25) is 0 Å². The third-order valence-electron chi connectivity index (χ3n) is 3.79. The van der Waals surface area contributed by atoms with E-state index in [1.54, 1.807) is 44.2 Å². The molecule has 0 spiro atoms. The Morgan fingerprint density at radius 1 is 1.16 bits per heavy atom. The van der Waals surface area contributed by atoms with Crippen LogP contribution in [0.1, 0.15) is 10.4 Å². The molecular weight excluding hydrogens is 321 g/mol. The van der Waals surface area contributed by atoms with E-state index < -0.39 is 0 Å². The van der Waals surface area contributed by atoms with Gasteiger partial charge < -0.3 is 9.64 Å². The van der Waals surface area contributed by atoms with Gasteiger partial charge in [-0.1, -0.05) is 12.1 Å². The van der Waals surface area contributed by atoms with Crippen molar-refractivity contribution in [2.45, 2.75) is 0 Å². The zero-order valence-corrected chi connectivity index (χ0v) is 14.2. The number of amides is 1. The molecule has 6 heteroatoms. The molecule has 0 N–H and O–H groups in total. The summed E-state index contributed by atoms with van der Waals surface area (Å²) < 4.78 is 20.0. The molecule has 0 radical (unpaired) electrons. The van der Waals surface area contributed by atoms with Gasteiger partial charge in [0.05, 0.1) is 18.4 Å². The summed E-state index contributed by atoms with van der Waals surface area (Å²) in [5.74, 6) is 0.191. The number of aromatic nitrogens is 2. The van der Waals surface area contributed by atoms with Crippen molar-refractivity contribution in [1.82, 2.24) is 14.7 Å². The summed E-state index contributed by atoms with van der Waals surface area (Å²) in [6.07, 6.45) is 1.66. The van der Waals surface area contributed by atoms with Crippen LogP contribution in [0.4, 0.5) is 4.39 Å². The summed E-state index contributed by atoms with van der Waals surface area (Å²) in [4.78, 5) is 14.1. The third kappa shape index (κ3) is 3.38. The van der Waals surface area contributed by atoms with Crippen LogP contribution in [0.2, 0.25) is 0 Å². The second-order valence-electron chi connectivity index (χ2n) is 5.74. The van der Waals surface area contributed by atoms with Gasteiger partial charge in [-0.25, -0.2) is 9.07 Å². The van der Waals surface area contributed by atoms with Crippen LogP contribution in [-0.2, 0) is 0 Å². The average molecular weight is 339 g/mol. The summed E-state index contributed by atoms with van der Waals surface area (Å²) in [5, 5.41) is 4.55.